The van der Waals surface area contributed by atoms with E-state index in [-0.39, 0.29) is 0 Å². The van der Waals surface area contributed by atoms with Crippen LogP contribution in [-0.4, -0.2) is 47.5 Å². The van der Waals surface area contributed by atoms with Gasteiger partial charge in [0.05, 0.1) is 16.6 Å². The second-order valence-corrected chi connectivity index (χ2v) is 9.65. The minimum Gasteiger partial charge on any atom is -0.357 e. The minimum atomic E-state index is 0.377. The fourth-order valence-corrected chi connectivity index (χ4v) is 5.94. The van der Waals surface area contributed by atoms with E-state index in [0.29, 0.717) is 17.0 Å². The van der Waals surface area contributed by atoms with Crippen molar-refractivity contribution in [2.45, 2.75) is 25.8 Å². The Morgan fingerprint density at radius 1 is 1.09 bits per heavy atom. The molecule has 2 aromatic heterocycles. The van der Waals surface area contributed by atoms with Gasteiger partial charge < -0.3 is 9.80 Å². The maximum atomic E-state index is 10.1. The number of hydrogen-bond donors (Lipinski definition) is 0. The summed E-state index contributed by atoms with van der Waals surface area (Å²) in [5.41, 5.74) is 7.11. The van der Waals surface area contributed by atoms with Gasteiger partial charge in [-0.2, -0.15) is 5.26 Å². The van der Waals surface area contributed by atoms with E-state index in [9.17, 15) is 5.26 Å². The molecule has 1 spiro atoms. The zero-order valence-electron chi connectivity index (χ0n) is 18.8. The van der Waals surface area contributed by atoms with Crippen molar-refractivity contribution in [1.82, 2.24) is 14.3 Å². The Bertz CT molecular complexity index is 1390. The molecular formula is C27H27N5. The SMILES string of the molecule is Cc1c(-c2ccccc2)c(N2CCC3(CC3N(C)C)C2)n2c(nc3ccccc32)c1C#N. The highest BCUT2D eigenvalue weighted by Crippen LogP contribution is 2.56. The molecule has 4 aromatic rings. The second kappa shape index (κ2) is 6.82. The predicted octanol–water partition coefficient (Wildman–Crippen LogP) is 4.87. The summed E-state index contributed by atoms with van der Waals surface area (Å²) in [6, 6.07) is 21.9. The summed E-state index contributed by atoms with van der Waals surface area (Å²) in [6.45, 7) is 4.15. The third-order valence-corrected chi connectivity index (χ3v) is 7.60. The monoisotopic (exact) mass is 421 g/mol. The predicted molar refractivity (Wildman–Crippen MR) is 129 cm³/mol. The third kappa shape index (κ3) is 2.63. The van der Waals surface area contributed by atoms with Crippen LogP contribution in [0.5, 0.6) is 0 Å². The van der Waals surface area contributed by atoms with Crippen LogP contribution in [0.1, 0.15) is 24.0 Å². The van der Waals surface area contributed by atoms with Gasteiger partial charge in [0, 0.05) is 30.1 Å². The lowest BCUT2D eigenvalue weighted by Crippen LogP contribution is -2.27. The summed E-state index contributed by atoms with van der Waals surface area (Å²) < 4.78 is 2.25. The van der Waals surface area contributed by atoms with Gasteiger partial charge >= 0.3 is 0 Å². The molecule has 1 saturated heterocycles. The molecule has 0 radical (unpaired) electrons. The summed E-state index contributed by atoms with van der Waals surface area (Å²) in [5, 5.41) is 10.1. The van der Waals surface area contributed by atoms with Gasteiger partial charge in [-0.1, -0.05) is 42.5 Å². The highest BCUT2D eigenvalue weighted by molar-refractivity contribution is 5.92. The number of fused-ring (bicyclic) bond motifs is 3. The number of imidazole rings is 1. The van der Waals surface area contributed by atoms with Gasteiger partial charge in [0.2, 0.25) is 0 Å². The first-order chi connectivity index (χ1) is 15.5. The van der Waals surface area contributed by atoms with Gasteiger partial charge in [0.15, 0.2) is 5.65 Å². The van der Waals surface area contributed by atoms with Crippen LogP contribution in [-0.2, 0) is 0 Å². The van der Waals surface area contributed by atoms with Gasteiger partial charge in [0.1, 0.15) is 11.9 Å². The second-order valence-electron chi connectivity index (χ2n) is 9.65. The van der Waals surface area contributed by atoms with Gasteiger partial charge in [0.25, 0.3) is 0 Å². The Labute approximate surface area is 188 Å². The van der Waals surface area contributed by atoms with Crippen molar-refractivity contribution >= 4 is 22.5 Å². The van der Waals surface area contributed by atoms with Crippen molar-refractivity contribution < 1.29 is 0 Å². The Morgan fingerprint density at radius 2 is 1.84 bits per heavy atom. The molecule has 1 aliphatic carbocycles. The van der Waals surface area contributed by atoms with E-state index < -0.39 is 0 Å². The molecule has 2 unspecified atom stereocenters. The van der Waals surface area contributed by atoms with Gasteiger partial charge in [-0.3, -0.25) is 4.40 Å². The van der Waals surface area contributed by atoms with E-state index in [2.05, 4.69) is 77.7 Å². The van der Waals surface area contributed by atoms with Crippen molar-refractivity contribution in [2.75, 3.05) is 32.1 Å². The Kier molecular flexibility index (Phi) is 4.12. The number of rotatable bonds is 3. The number of para-hydroxylation sites is 2. The largest absolute Gasteiger partial charge is 0.357 e. The molecule has 1 saturated carbocycles. The summed E-state index contributed by atoms with van der Waals surface area (Å²) in [4.78, 5) is 9.85. The summed E-state index contributed by atoms with van der Waals surface area (Å²) in [7, 11) is 4.40. The van der Waals surface area contributed by atoms with Crippen molar-refractivity contribution in [1.29, 1.82) is 5.26 Å². The quantitative estimate of drug-likeness (QED) is 0.474. The first-order valence-electron chi connectivity index (χ1n) is 11.3. The zero-order chi connectivity index (χ0) is 22.0. The van der Waals surface area contributed by atoms with E-state index in [4.69, 9.17) is 4.98 Å². The maximum Gasteiger partial charge on any atom is 0.157 e. The highest BCUT2D eigenvalue weighted by atomic mass is 15.3. The van der Waals surface area contributed by atoms with Gasteiger partial charge in [-0.05, 0) is 57.1 Å². The number of hydrogen-bond acceptors (Lipinski definition) is 4. The Morgan fingerprint density at radius 3 is 2.56 bits per heavy atom. The molecule has 2 aliphatic rings. The standard InChI is InChI=1S/C27H27N5/c1-18-20(16-28)25-29-21-11-7-8-12-22(21)32(25)26(24(18)19-9-5-4-6-10-19)31-14-13-27(17-31)15-23(27)30(2)3/h4-12,23H,13-15,17H2,1-3H3. The minimum absolute atomic E-state index is 0.377. The van der Waals surface area contributed by atoms with E-state index in [1.54, 1.807) is 0 Å². The number of nitriles is 1. The van der Waals surface area contributed by atoms with E-state index >= 15 is 0 Å². The van der Waals surface area contributed by atoms with Gasteiger partial charge in [-0.25, -0.2) is 4.98 Å². The smallest absolute Gasteiger partial charge is 0.157 e. The molecule has 0 bridgehead atoms. The number of anilines is 1. The lowest BCUT2D eigenvalue weighted by molar-refractivity contribution is 0.335. The van der Waals surface area contributed by atoms with Crippen LogP contribution in [0.3, 0.4) is 0 Å². The lowest BCUT2D eigenvalue weighted by atomic mass is 9.97. The van der Waals surface area contributed by atoms with E-state index in [1.165, 1.54) is 18.7 Å². The summed E-state index contributed by atoms with van der Waals surface area (Å²) in [5.74, 6) is 1.18. The van der Waals surface area contributed by atoms with Crippen molar-refractivity contribution in [3.63, 3.8) is 0 Å². The topological polar surface area (TPSA) is 47.6 Å². The zero-order valence-corrected chi connectivity index (χ0v) is 18.8. The molecule has 0 amide bonds. The third-order valence-electron chi connectivity index (χ3n) is 7.60. The Balaban J connectivity index is 1.67. The first kappa shape index (κ1) is 19.3. The van der Waals surface area contributed by atoms with Crippen LogP contribution in [0.4, 0.5) is 5.82 Å². The highest BCUT2D eigenvalue weighted by Gasteiger charge is 2.58. The van der Waals surface area contributed by atoms with E-state index in [0.717, 1.165) is 46.5 Å². The van der Waals surface area contributed by atoms with Crippen LogP contribution in [0.15, 0.2) is 54.6 Å². The maximum absolute atomic E-state index is 10.1. The van der Waals surface area contributed by atoms with Crippen molar-refractivity contribution in [3.8, 4) is 17.2 Å². The molecular weight excluding hydrogens is 394 g/mol. The van der Waals surface area contributed by atoms with Crippen LogP contribution in [0.25, 0.3) is 27.8 Å². The molecule has 2 atom stereocenters. The van der Waals surface area contributed by atoms with E-state index in [1.807, 2.05) is 18.2 Å². The van der Waals surface area contributed by atoms with Crippen LogP contribution in [0.2, 0.25) is 0 Å². The number of nitrogens with zero attached hydrogens (tertiary/aromatic N) is 5. The summed E-state index contributed by atoms with van der Waals surface area (Å²) in [6.07, 6.45) is 2.47. The van der Waals surface area contributed by atoms with Crippen molar-refractivity contribution in [2.24, 2.45) is 5.41 Å². The molecule has 0 N–H and O–H groups in total. The molecule has 1 aliphatic heterocycles. The molecule has 32 heavy (non-hydrogen) atoms. The normalized spacial score (nSPS) is 22.3. The molecule has 5 nitrogen and oxygen atoms in total. The Hall–Kier alpha value is -3.36. The fourth-order valence-electron chi connectivity index (χ4n) is 5.94. The van der Waals surface area contributed by atoms with Crippen LogP contribution >= 0.6 is 0 Å². The fraction of sp³-hybridized carbons (Fsp3) is 0.333. The molecule has 2 fully saturated rings. The number of aromatic nitrogens is 2. The molecule has 5 heteroatoms. The number of pyridine rings is 1. The first-order valence-corrected chi connectivity index (χ1v) is 11.3. The number of benzene rings is 2. The molecule has 3 heterocycles. The summed E-state index contributed by atoms with van der Waals surface area (Å²) >= 11 is 0. The van der Waals surface area contributed by atoms with Crippen molar-refractivity contribution in [3.05, 3.63) is 65.7 Å². The molecule has 2 aromatic carbocycles. The van der Waals surface area contributed by atoms with Crippen LogP contribution < -0.4 is 4.90 Å². The van der Waals surface area contributed by atoms with Gasteiger partial charge in [-0.15, -0.1) is 0 Å². The average molecular weight is 422 g/mol. The lowest BCUT2D eigenvalue weighted by Gasteiger charge is -2.26. The average Bonchev–Trinajstić information content (AvgIpc) is 3.15. The molecule has 160 valence electrons. The van der Waals surface area contributed by atoms with Crippen LogP contribution in [0, 0.1) is 23.7 Å². The molecule has 6 rings (SSSR count).